The lowest BCUT2D eigenvalue weighted by molar-refractivity contribution is 0.0179. The Morgan fingerprint density at radius 3 is 2.57 bits per heavy atom. The van der Waals surface area contributed by atoms with Gasteiger partial charge in [-0.15, -0.1) is 10.2 Å². The van der Waals surface area contributed by atoms with Crippen molar-refractivity contribution in [1.29, 1.82) is 0 Å². The van der Waals surface area contributed by atoms with Crippen molar-refractivity contribution in [1.82, 2.24) is 30.3 Å². The molecule has 1 unspecified atom stereocenters. The quantitative estimate of drug-likeness (QED) is 0.349. The van der Waals surface area contributed by atoms with Crippen LogP contribution in [0.25, 0.3) is 0 Å². The lowest BCUT2D eigenvalue weighted by Crippen LogP contribution is -2.42. The fourth-order valence-corrected chi connectivity index (χ4v) is 3.49. The summed E-state index contributed by atoms with van der Waals surface area (Å²) in [6.45, 7) is 8.34. The van der Waals surface area contributed by atoms with Crippen LogP contribution in [-0.2, 0) is 11.3 Å². The lowest BCUT2D eigenvalue weighted by Gasteiger charge is -2.34. The van der Waals surface area contributed by atoms with Crippen molar-refractivity contribution in [2.24, 2.45) is 4.99 Å². The third kappa shape index (κ3) is 7.07. The Labute approximate surface area is 177 Å². The summed E-state index contributed by atoms with van der Waals surface area (Å²) in [5, 5.41) is 14.4. The SMILES string of the molecule is CCNC(=NCC(c1ccc(F)cc1)N1CCOCC1)NCCCCn1cnnc1. The molecule has 9 heteroatoms. The second kappa shape index (κ2) is 12.2. The molecule has 3 rings (SSSR count). The number of hydrogen-bond acceptors (Lipinski definition) is 5. The topological polar surface area (TPSA) is 79.6 Å². The fraction of sp³-hybridized carbons (Fsp3) is 0.571. The number of benzene rings is 1. The predicted molar refractivity (Wildman–Crippen MR) is 115 cm³/mol. The van der Waals surface area contributed by atoms with Crippen LogP contribution in [0.3, 0.4) is 0 Å². The van der Waals surface area contributed by atoms with Crippen LogP contribution in [0, 0.1) is 5.82 Å². The molecule has 1 atom stereocenters. The highest BCUT2D eigenvalue weighted by Gasteiger charge is 2.22. The highest BCUT2D eigenvalue weighted by atomic mass is 19.1. The largest absolute Gasteiger partial charge is 0.379 e. The average Bonchev–Trinajstić information content (AvgIpc) is 3.29. The third-order valence-electron chi connectivity index (χ3n) is 5.11. The Hall–Kier alpha value is -2.52. The second-order valence-corrected chi connectivity index (χ2v) is 7.27. The van der Waals surface area contributed by atoms with E-state index in [4.69, 9.17) is 9.73 Å². The Bertz CT molecular complexity index is 745. The number of halogens is 1. The van der Waals surface area contributed by atoms with Crippen molar-refractivity contribution < 1.29 is 9.13 Å². The molecule has 1 saturated heterocycles. The van der Waals surface area contributed by atoms with E-state index in [9.17, 15) is 4.39 Å². The Morgan fingerprint density at radius 2 is 1.87 bits per heavy atom. The maximum atomic E-state index is 13.4. The van der Waals surface area contributed by atoms with Crippen molar-refractivity contribution in [3.05, 3.63) is 48.3 Å². The van der Waals surface area contributed by atoms with Crippen molar-refractivity contribution in [3.8, 4) is 0 Å². The summed E-state index contributed by atoms with van der Waals surface area (Å²) in [6.07, 6.45) is 5.53. The normalized spacial score (nSPS) is 16.4. The van der Waals surface area contributed by atoms with E-state index in [1.807, 2.05) is 16.7 Å². The van der Waals surface area contributed by atoms with Gasteiger partial charge < -0.3 is 19.9 Å². The zero-order valence-corrected chi connectivity index (χ0v) is 17.6. The number of aromatic nitrogens is 3. The van der Waals surface area contributed by atoms with Gasteiger partial charge in [0.1, 0.15) is 18.5 Å². The molecule has 1 fully saturated rings. The zero-order chi connectivity index (χ0) is 21.0. The molecule has 0 spiro atoms. The van der Waals surface area contributed by atoms with E-state index in [1.54, 1.807) is 12.7 Å². The minimum absolute atomic E-state index is 0.0960. The van der Waals surface area contributed by atoms with Crippen LogP contribution in [0.4, 0.5) is 4.39 Å². The number of guanidine groups is 1. The van der Waals surface area contributed by atoms with Crippen LogP contribution in [0.15, 0.2) is 41.9 Å². The van der Waals surface area contributed by atoms with Gasteiger partial charge in [-0.05, 0) is 37.5 Å². The summed E-state index contributed by atoms with van der Waals surface area (Å²) >= 11 is 0. The van der Waals surface area contributed by atoms with Crippen LogP contribution in [-0.4, -0.2) is 71.6 Å². The minimum Gasteiger partial charge on any atom is -0.379 e. The first-order valence-corrected chi connectivity index (χ1v) is 10.7. The summed E-state index contributed by atoms with van der Waals surface area (Å²) in [7, 11) is 0. The van der Waals surface area contributed by atoms with Gasteiger partial charge >= 0.3 is 0 Å². The zero-order valence-electron chi connectivity index (χ0n) is 17.6. The highest BCUT2D eigenvalue weighted by molar-refractivity contribution is 5.79. The molecule has 164 valence electrons. The molecule has 1 aliphatic rings. The summed E-state index contributed by atoms with van der Waals surface area (Å²) in [4.78, 5) is 7.19. The van der Waals surface area contributed by atoms with Crippen LogP contribution in [0.5, 0.6) is 0 Å². The van der Waals surface area contributed by atoms with Gasteiger partial charge in [-0.1, -0.05) is 12.1 Å². The van der Waals surface area contributed by atoms with E-state index in [-0.39, 0.29) is 11.9 Å². The molecule has 8 nitrogen and oxygen atoms in total. The molecular formula is C21H32FN7O. The monoisotopic (exact) mass is 417 g/mol. The number of nitrogens with zero attached hydrogens (tertiary/aromatic N) is 5. The Kier molecular flexibility index (Phi) is 9.04. The van der Waals surface area contributed by atoms with E-state index in [2.05, 4.69) is 32.7 Å². The predicted octanol–water partition coefficient (Wildman–Crippen LogP) is 1.83. The molecule has 2 N–H and O–H groups in total. The summed E-state index contributed by atoms with van der Waals surface area (Å²) in [5.41, 5.74) is 1.08. The molecule has 0 bridgehead atoms. The number of morpholine rings is 1. The molecule has 1 aliphatic heterocycles. The van der Waals surface area contributed by atoms with Crippen LogP contribution in [0.1, 0.15) is 31.4 Å². The standard InChI is InChI=1S/C21H32FN7O/c1-2-23-21(24-9-3-4-10-28-16-26-27-17-28)25-15-20(29-11-13-30-14-12-29)18-5-7-19(22)8-6-18/h5-8,16-17,20H,2-4,9-15H2,1H3,(H2,23,24,25). The van der Waals surface area contributed by atoms with Crippen molar-refractivity contribution >= 4 is 5.96 Å². The molecule has 2 heterocycles. The summed E-state index contributed by atoms with van der Waals surface area (Å²) in [6, 6.07) is 6.85. The Balaban J connectivity index is 1.56. The maximum Gasteiger partial charge on any atom is 0.191 e. The third-order valence-corrected chi connectivity index (χ3v) is 5.11. The Morgan fingerprint density at radius 1 is 1.13 bits per heavy atom. The number of rotatable bonds is 10. The first-order valence-electron chi connectivity index (χ1n) is 10.7. The number of ether oxygens (including phenoxy) is 1. The van der Waals surface area contributed by atoms with Gasteiger partial charge in [0, 0.05) is 32.7 Å². The number of aryl methyl sites for hydroxylation is 1. The van der Waals surface area contributed by atoms with Gasteiger partial charge in [-0.3, -0.25) is 9.89 Å². The van der Waals surface area contributed by atoms with Crippen LogP contribution >= 0.6 is 0 Å². The van der Waals surface area contributed by atoms with Gasteiger partial charge in [-0.2, -0.15) is 0 Å². The number of aliphatic imine (C=N–C) groups is 1. The van der Waals surface area contributed by atoms with E-state index < -0.39 is 0 Å². The smallest absolute Gasteiger partial charge is 0.191 e. The van der Waals surface area contributed by atoms with E-state index in [0.717, 1.165) is 57.1 Å². The van der Waals surface area contributed by atoms with Gasteiger partial charge in [0.05, 0.1) is 25.8 Å². The molecule has 0 saturated carbocycles. The average molecular weight is 418 g/mol. The summed E-state index contributed by atoms with van der Waals surface area (Å²) in [5.74, 6) is 0.589. The summed E-state index contributed by atoms with van der Waals surface area (Å²) < 4.78 is 20.9. The van der Waals surface area contributed by atoms with Gasteiger partial charge in [0.15, 0.2) is 5.96 Å². The van der Waals surface area contributed by atoms with Gasteiger partial charge in [0.25, 0.3) is 0 Å². The number of unbranched alkanes of at least 4 members (excludes halogenated alkanes) is 1. The fourth-order valence-electron chi connectivity index (χ4n) is 3.49. The lowest BCUT2D eigenvalue weighted by atomic mass is 10.0. The van der Waals surface area contributed by atoms with Crippen LogP contribution in [0.2, 0.25) is 0 Å². The first kappa shape index (κ1) is 22.2. The molecule has 1 aromatic heterocycles. The van der Waals surface area contributed by atoms with Crippen molar-refractivity contribution in [2.45, 2.75) is 32.4 Å². The molecule has 1 aromatic carbocycles. The number of nitrogens with one attached hydrogen (secondary N) is 2. The van der Waals surface area contributed by atoms with Crippen molar-refractivity contribution in [3.63, 3.8) is 0 Å². The molecule has 0 radical (unpaired) electrons. The molecule has 2 aromatic rings. The van der Waals surface area contributed by atoms with Crippen LogP contribution < -0.4 is 10.6 Å². The first-order chi connectivity index (χ1) is 14.8. The van der Waals surface area contributed by atoms with Gasteiger partial charge in [0.2, 0.25) is 0 Å². The highest BCUT2D eigenvalue weighted by Crippen LogP contribution is 2.22. The maximum absolute atomic E-state index is 13.4. The van der Waals surface area contributed by atoms with E-state index in [0.29, 0.717) is 19.8 Å². The molecular weight excluding hydrogens is 385 g/mol. The van der Waals surface area contributed by atoms with E-state index in [1.165, 1.54) is 12.1 Å². The second-order valence-electron chi connectivity index (χ2n) is 7.27. The molecule has 0 aliphatic carbocycles. The minimum atomic E-state index is -0.218. The number of hydrogen-bond donors (Lipinski definition) is 2. The molecule has 0 amide bonds. The van der Waals surface area contributed by atoms with Gasteiger partial charge in [-0.25, -0.2) is 4.39 Å². The molecule has 30 heavy (non-hydrogen) atoms. The van der Waals surface area contributed by atoms with E-state index >= 15 is 0 Å². The van der Waals surface area contributed by atoms with Crippen molar-refractivity contribution in [2.75, 3.05) is 45.9 Å².